The van der Waals surface area contributed by atoms with Crippen LogP contribution in [-0.4, -0.2) is 54.4 Å². The minimum Gasteiger partial charge on any atom is -0.464 e. The lowest BCUT2D eigenvalue weighted by Crippen LogP contribution is -2.63. The van der Waals surface area contributed by atoms with Gasteiger partial charge in [-0.1, -0.05) is 6.07 Å². The van der Waals surface area contributed by atoms with Gasteiger partial charge in [-0.25, -0.2) is 14.6 Å². The summed E-state index contributed by atoms with van der Waals surface area (Å²) in [5.74, 6) is -0.788. The molecule has 30 heavy (non-hydrogen) atoms. The van der Waals surface area contributed by atoms with Crippen molar-refractivity contribution in [2.24, 2.45) is 0 Å². The molecule has 0 atom stereocenters. The molecule has 2 N–H and O–H groups in total. The molecule has 0 aromatic carbocycles. The van der Waals surface area contributed by atoms with Gasteiger partial charge in [0.05, 0.1) is 12.6 Å². The first-order chi connectivity index (χ1) is 14.1. The number of methoxy groups -OCH3 is 1. The quantitative estimate of drug-likeness (QED) is 0.702. The lowest BCUT2D eigenvalue weighted by atomic mass is 9.88. The summed E-state index contributed by atoms with van der Waals surface area (Å²) in [7, 11) is 1.30. The molecule has 1 aliphatic carbocycles. The number of aromatic nitrogens is 1. The summed E-state index contributed by atoms with van der Waals surface area (Å²) in [5.41, 5.74) is -1.31. The Morgan fingerprint density at radius 2 is 1.73 bits per heavy atom. The van der Waals surface area contributed by atoms with Gasteiger partial charge in [-0.15, -0.1) is 0 Å². The molecule has 1 saturated heterocycles. The van der Waals surface area contributed by atoms with Gasteiger partial charge in [-0.2, -0.15) is 0 Å². The fourth-order valence-electron chi connectivity index (χ4n) is 3.48. The predicted octanol–water partition coefficient (Wildman–Crippen LogP) is 2.05. The predicted molar refractivity (Wildman–Crippen MR) is 107 cm³/mol. The summed E-state index contributed by atoms with van der Waals surface area (Å²) in [6, 6.07) is 3.35. The first-order valence-electron chi connectivity index (χ1n) is 10.1. The molecule has 0 unspecified atom stereocenters. The van der Waals surface area contributed by atoms with E-state index in [0.717, 1.165) is 18.4 Å². The SMILES string of the molecule is COC(=O)c1ccc(C2(NC(=O)C3(NC(=O)OC(C)(C)C)CCOCC3)CC2)cn1. The largest absolute Gasteiger partial charge is 0.464 e. The maximum absolute atomic E-state index is 13.3. The molecule has 3 rings (SSSR count). The van der Waals surface area contributed by atoms with Crippen molar-refractivity contribution in [2.75, 3.05) is 20.3 Å². The van der Waals surface area contributed by atoms with Gasteiger partial charge in [0.15, 0.2) is 0 Å². The number of hydrogen-bond donors (Lipinski definition) is 2. The number of ether oxygens (including phenoxy) is 3. The molecule has 9 nitrogen and oxygen atoms in total. The third-order valence-electron chi connectivity index (χ3n) is 5.33. The molecule has 1 saturated carbocycles. The number of pyridine rings is 1. The van der Waals surface area contributed by atoms with Crippen molar-refractivity contribution < 1.29 is 28.6 Å². The highest BCUT2D eigenvalue weighted by molar-refractivity contribution is 5.91. The second-order valence-corrected chi connectivity index (χ2v) is 8.78. The van der Waals surface area contributed by atoms with Gasteiger partial charge in [0.2, 0.25) is 5.91 Å². The first kappa shape index (κ1) is 22.0. The van der Waals surface area contributed by atoms with Crippen molar-refractivity contribution >= 4 is 18.0 Å². The standard InChI is InChI=1S/C21H29N3O6/c1-19(2,3)30-18(27)24-21(9-11-29-12-10-21)17(26)23-20(7-8-20)14-5-6-15(22-13-14)16(25)28-4/h5-6,13H,7-12H2,1-4H3,(H,23,26)(H,24,27). The molecular formula is C21H29N3O6. The molecule has 9 heteroatoms. The van der Waals surface area contributed by atoms with Crippen molar-refractivity contribution in [1.82, 2.24) is 15.6 Å². The minimum absolute atomic E-state index is 0.205. The highest BCUT2D eigenvalue weighted by atomic mass is 16.6. The zero-order valence-electron chi connectivity index (χ0n) is 17.9. The Morgan fingerprint density at radius 1 is 1.07 bits per heavy atom. The number of nitrogens with one attached hydrogen (secondary N) is 2. The first-order valence-corrected chi connectivity index (χ1v) is 10.1. The van der Waals surface area contributed by atoms with E-state index in [-0.39, 0.29) is 11.6 Å². The van der Waals surface area contributed by atoms with Gasteiger partial charge in [0.25, 0.3) is 0 Å². The van der Waals surface area contributed by atoms with E-state index in [1.165, 1.54) is 7.11 Å². The molecule has 2 heterocycles. The van der Waals surface area contributed by atoms with E-state index in [2.05, 4.69) is 20.4 Å². The maximum Gasteiger partial charge on any atom is 0.408 e. The average Bonchev–Trinajstić information content (AvgIpc) is 3.47. The average molecular weight is 419 g/mol. The molecular weight excluding hydrogens is 390 g/mol. The smallest absolute Gasteiger partial charge is 0.408 e. The molecule has 2 amide bonds. The molecule has 2 fully saturated rings. The Labute approximate surface area is 175 Å². The lowest BCUT2D eigenvalue weighted by Gasteiger charge is -2.38. The summed E-state index contributed by atoms with van der Waals surface area (Å²) < 4.78 is 15.4. The number of rotatable bonds is 5. The molecule has 164 valence electrons. The van der Waals surface area contributed by atoms with Crippen LogP contribution in [0.4, 0.5) is 4.79 Å². The summed E-state index contributed by atoms with van der Waals surface area (Å²) in [4.78, 5) is 41.5. The van der Waals surface area contributed by atoms with Crippen LogP contribution in [0.5, 0.6) is 0 Å². The normalized spacial score (nSPS) is 19.3. The number of nitrogens with zero attached hydrogens (tertiary/aromatic N) is 1. The van der Waals surface area contributed by atoms with Crippen LogP contribution in [0.2, 0.25) is 0 Å². The Bertz CT molecular complexity index is 805. The summed E-state index contributed by atoms with van der Waals surface area (Å²) in [6.45, 7) is 6.05. The molecule has 1 aromatic rings. The van der Waals surface area contributed by atoms with Crippen molar-refractivity contribution in [3.63, 3.8) is 0 Å². The van der Waals surface area contributed by atoms with E-state index in [1.807, 2.05) is 0 Å². The third-order valence-corrected chi connectivity index (χ3v) is 5.33. The van der Waals surface area contributed by atoms with Crippen molar-refractivity contribution in [1.29, 1.82) is 0 Å². The van der Waals surface area contributed by atoms with Crippen LogP contribution >= 0.6 is 0 Å². The highest BCUT2D eigenvalue weighted by Crippen LogP contribution is 2.46. The van der Waals surface area contributed by atoms with Crippen LogP contribution in [0.15, 0.2) is 18.3 Å². The van der Waals surface area contributed by atoms with Crippen LogP contribution in [0.25, 0.3) is 0 Å². The number of amides is 2. The van der Waals surface area contributed by atoms with E-state index in [1.54, 1.807) is 39.1 Å². The molecule has 0 bridgehead atoms. The Hall–Kier alpha value is -2.68. The van der Waals surface area contributed by atoms with Gasteiger partial charge in [0, 0.05) is 32.3 Å². The number of hydrogen-bond acceptors (Lipinski definition) is 7. The molecule has 1 aliphatic heterocycles. The van der Waals surface area contributed by atoms with Gasteiger partial charge in [-0.3, -0.25) is 4.79 Å². The van der Waals surface area contributed by atoms with Crippen LogP contribution in [0.1, 0.15) is 62.5 Å². The Balaban J connectivity index is 1.75. The van der Waals surface area contributed by atoms with Crippen LogP contribution in [-0.2, 0) is 24.5 Å². The number of esters is 1. The number of carbonyl (C=O) groups is 3. The van der Waals surface area contributed by atoms with Crippen molar-refractivity contribution in [3.05, 3.63) is 29.6 Å². The van der Waals surface area contributed by atoms with E-state index in [4.69, 9.17) is 9.47 Å². The van der Waals surface area contributed by atoms with E-state index in [9.17, 15) is 14.4 Å². The highest BCUT2D eigenvalue weighted by Gasteiger charge is 2.51. The van der Waals surface area contributed by atoms with Crippen molar-refractivity contribution in [3.8, 4) is 0 Å². The molecule has 2 aliphatic rings. The van der Waals surface area contributed by atoms with Gasteiger partial charge in [0.1, 0.15) is 16.8 Å². The number of alkyl carbamates (subject to hydrolysis) is 1. The third kappa shape index (κ3) is 4.89. The second kappa shape index (κ2) is 8.22. The van der Waals surface area contributed by atoms with E-state index >= 15 is 0 Å². The topological polar surface area (TPSA) is 116 Å². The van der Waals surface area contributed by atoms with Crippen LogP contribution < -0.4 is 10.6 Å². The molecule has 1 aromatic heterocycles. The lowest BCUT2D eigenvalue weighted by molar-refractivity contribution is -0.132. The summed E-state index contributed by atoms with van der Waals surface area (Å²) in [5, 5.41) is 5.90. The molecule has 0 spiro atoms. The number of carbonyl (C=O) groups excluding carboxylic acids is 3. The summed E-state index contributed by atoms with van der Waals surface area (Å²) >= 11 is 0. The van der Waals surface area contributed by atoms with Crippen LogP contribution in [0.3, 0.4) is 0 Å². The molecule has 0 radical (unpaired) electrons. The Morgan fingerprint density at radius 3 is 2.23 bits per heavy atom. The Kier molecular flexibility index (Phi) is 6.03. The fraction of sp³-hybridized carbons (Fsp3) is 0.619. The fourth-order valence-corrected chi connectivity index (χ4v) is 3.48. The zero-order chi connectivity index (χ0) is 22.0. The zero-order valence-corrected chi connectivity index (χ0v) is 17.9. The second-order valence-electron chi connectivity index (χ2n) is 8.78. The summed E-state index contributed by atoms with van der Waals surface area (Å²) in [6.07, 6.45) is 3.15. The van der Waals surface area contributed by atoms with Crippen LogP contribution in [0, 0.1) is 0 Å². The van der Waals surface area contributed by atoms with Gasteiger partial charge in [-0.05, 0) is 45.2 Å². The van der Waals surface area contributed by atoms with E-state index in [0.29, 0.717) is 26.1 Å². The van der Waals surface area contributed by atoms with Crippen molar-refractivity contribution in [2.45, 2.75) is 63.1 Å². The minimum atomic E-state index is -1.10. The van der Waals surface area contributed by atoms with Gasteiger partial charge >= 0.3 is 12.1 Å². The van der Waals surface area contributed by atoms with Gasteiger partial charge < -0.3 is 24.8 Å². The monoisotopic (exact) mass is 419 g/mol. The maximum atomic E-state index is 13.3. The van der Waals surface area contributed by atoms with E-state index < -0.39 is 28.7 Å².